The number of ether oxygens (including phenoxy) is 3. The highest BCUT2D eigenvalue weighted by Gasteiger charge is 2.70. The average Bonchev–Trinajstić information content (AvgIpc) is 3.34. The zero-order valence-electron chi connectivity index (χ0n) is 15.5. The SMILES string of the molecule is CC(=O)OC[C@H](C(=O)OC1C[C@@H]2[C@@H]3O[C@@H]3[C@@H](C1)[N+]2(C)C)c1ccccc1. The van der Waals surface area contributed by atoms with Crippen molar-refractivity contribution in [3.63, 3.8) is 0 Å². The van der Waals surface area contributed by atoms with Crippen LogP contribution in [-0.2, 0) is 23.8 Å². The number of hydrogen-bond donors (Lipinski definition) is 0. The van der Waals surface area contributed by atoms with Crippen LogP contribution in [0.1, 0.15) is 31.2 Å². The lowest BCUT2D eigenvalue weighted by atomic mass is 9.95. The van der Waals surface area contributed by atoms with E-state index >= 15 is 0 Å². The molecule has 0 N–H and O–H groups in total. The van der Waals surface area contributed by atoms with Gasteiger partial charge in [-0.2, -0.15) is 0 Å². The summed E-state index contributed by atoms with van der Waals surface area (Å²) in [5.74, 6) is -1.30. The summed E-state index contributed by atoms with van der Waals surface area (Å²) in [7, 11) is 4.49. The van der Waals surface area contributed by atoms with Gasteiger partial charge in [0.25, 0.3) is 0 Å². The molecule has 2 bridgehead atoms. The number of hydrogen-bond acceptors (Lipinski definition) is 5. The summed E-state index contributed by atoms with van der Waals surface area (Å²) >= 11 is 0. The van der Waals surface area contributed by atoms with E-state index in [1.807, 2.05) is 30.3 Å². The van der Waals surface area contributed by atoms with E-state index in [-0.39, 0.29) is 18.7 Å². The van der Waals surface area contributed by atoms with Crippen LogP contribution in [0.25, 0.3) is 0 Å². The minimum atomic E-state index is -0.590. The van der Waals surface area contributed by atoms with E-state index in [0.717, 1.165) is 22.9 Å². The summed E-state index contributed by atoms with van der Waals surface area (Å²) in [6.07, 6.45) is 2.20. The number of rotatable bonds is 5. The maximum atomic E-state index is 12.9. The van der Waals surface area contributed by atoms with Crippen LogP contribution in [0.2, 0.25) is 0 Å². The van der Waals surface area contributed by atoms with Gasteiger partial charge in [-0.25, -0.2) is 0 Å². The molecule has 3 aliphatic rings. The van der Waals surface area contributed by atoms with Gasteiger partial charge in [0.2, 0.25) is 0 Å². The number of quaternary nitrogens is 1. The lowest BCUT2D eigenvalue weighted by Crippen LogP contribution is -2.60. The Labute approximate surface area is 153 Å². The fourth-order valence-corrected chi connectivity index (χ4v) is 4.73. The first kappa shape index (κ1) is 17.5. The summed E-state index contributed by atoms with van der Waals surface area (Å²) < 4.78 is 17.7. The highest BCUT2D eigenvalue weighted by molar-refractivity contribution is 5.79. The third kappa shape index (κ3) is 3.01. The third-order valence-corrected chi connectivity index (χ3v) is 6.26. The molecule has 0 radical (unpaired) electrons. The predicted molar refractivity (Wildman–Crippen MR) is 93.3 cm³/mol. The van der Waals surface area contributed by atoms with Gasteiger partial charge in [0.05, 0.1) is 14.1 Å². The number of likely N-dealkylation sites (N-methyl/N-ethyl adjacent to an activating group) is 1. The van der Waals surface area contributed by atoms with Crippen LogP contribution < -0.4 is 0 Å². The lowest BCUT2D eigenvalue weighted by molar-refractivity contribution is -0.938. The van der Waals surface area contributed by atoms with E-state index in [1.54, 1.807) is 0 Å². The molecule has 0 aliphatic carbocycles. The van der Waals surface area contributed by atoms with Crippen molar-refractivity contribution in [3.8, 4) is 0 Å². The van der Waals surface area contributed by atoms with Gasteiger partial charge in [0.1, 0.15) is 42.9 Å². The Bertz CT molecular complexity index is 683. The fourth-order valence-electron chi connectivity index (χ4n) is 4.73. The van der Waals surface area contributed by atoms with Gasteiger partial charge < -0.3 is 18.7 Å². The Kier molecular flexibility index (Phi) is 4.28. The normalized spacial score (nSPS) is 34.5. The van der Waals surface area contributed by atoms with Crippen molar-refractivity contribution in [2.24, 2.45) is 0 Å². The van der Waals surface area contributed by atoms with Crippen molar-refractivity contribution in [1.29, 1.82) is 0 Å². The van der Waals surface area contributed by atoms with Crippen LogP contribution in [-0.4, -0.2) is 67.5 Å². The van der Waals surface area contributed by atoms with E-state index in [0.29, 0.717) is 24.3 Å². The molecule has 3 saturated heterocycles. The Morgan fingerprint density at radius 2 is 1.77 bits per heavy atom. The molecule has 6 heteroatoms. The third-order valence-electron chi connectivity index (χ3n) is 6.26. The number of esters is 2. The first-order chi connectivity index (χ1) is 12.4. The van der Waals surface area contributed by atoms with Crippen molar-refractivity contribution >= 4 is 11.9 Å². The van der Waals surface area contributed by atoms with E-state index in [2.05, 4.69) is 14.1 Å². The monoisotopic (exact) mass is 360 g/mol. The first-order valence-electron chi connectivity index (χ1n) is 9.25. The predicted octanol–water partition coefficient (Wildman–Crippen LogP) is 1.63. The molecule has 1 unspecified atom stereocenters. The molecule has 3 heterocycles. The number of piperidine rings is 1. The minimum absolute atomic E-state index is 0.00761. The molecule has 26 heavy (non-hydrogen) atoms. The zero-order chi connectivity index (χ0) is 18.5. The number of carbonyl (C=O) groups is 2. The lowest BCUT2D eigenvalue weighted by Gasteiger charge is -2.45. The molecule has 4 rings (SSSR count). The fraction of sp³-hybridized carbons (Fsp3) is 0.600. The van der Waals surface area contributed by atoms with Crippen LogP contribution in [0.5, 0.6) is 0 Å². The molecule has 3 aliphatic heterocycles. The molecule has 0 aromatic heterocycles. The summed E-state index contributed by atoms with van der Waals surface area (Å²) in [5.41, 5.74) is 0.805. The van der Waals surface area contributed by atoms with Gasteiger partial charge in [-0.1, -0.05) is 30.3 Å². The van der Waals surface area contributed by atoms with Gasteiger partial charge in [-0.15, -0.1) is 0 Å². The molecule has 0 amide bonds. The highest BCUT2D eigenvalue weighted by Crippen LogP contribution is 2.51. The second-order valence-electron chi connectivity index (χ2n) is 8.13. The van der Waals surface area contributed by atoms with Gasteiger partial charge in [-0.05, 0) is 5.56 Å². The molecule has 6 atom stereocenters. The quantitative estimate of drug-likeness (QED) is 0.454. The average molecular weight is 360 g/mol. The van der Waals surface area contributed by atoms with E-state index in [4.69, 9.17) is 14.2 Å². The van der Waals surface area contributed by atoms with Gasteiger partial charge >= 0.3 is 11.9 Å². The topological polar surface area (TPSA) is 65.1 Å². The zero-order valence-corrected chi connectivity index (χ0v) is 15.5. The molecular weight excluding hydrogens is 334 g/mol. The van der Waals surface area contributed by atoms with Crippen molar-refractivity contribution in [1.82, 2.24) is 0 Å². The highest BCUT2D eigenvalue weighted by atomic mass is 16.6. The second kappa shape index (κ2) is 6.35. The van der Waals surface area contributed by atoms with Gasteiger partial charge in [0, 0.05) is 19.8 Å². The van der Waals surface area contributed by atoms with Crippen LogP contribution in [0.3, 0.4) is 0 Å². The molecule has 0 saturated carbocycles. The number of benzene rings is 1. The smallest absolute Gasteiger partial charge is 0.317 e. The maximum absolute atomic E-state index is 12.9. The largest absolute Gasteiger partial charge is 0.465 e. The van der Waals surface area contributed by atoms with Crippen LogP contribution in [0, 0.1) is 0 Å². The number of fused-ring (bicyclic) bond motifs is 5. The molecular formula is C20H26NO5+. The number of carbonyl (C=O) groups excluding carboxylic acids is 2. The first-order valence-corrected chi connectivity index (χ1v) is 9.25. The summed E-state index contributed by atoms with van der Waals surface area (Å²) in [4.78, 5) is 24.1. The number of morpholine rings is 1. The summed E-state index contributed by atoms with van der Waals surface area (Å²) in [5, 5.41) is 0. The Balaban J connectivity index is 1.45. The Hall–Kier alpha value is -1.92. The molecule has 6 nitrogen and oxygen atoms in total. The van der Waals surface area contributed by atoms with E-state index < -0.39 is 11.9 Å². The van der Waals surface area contributed by atoms with Crippen molar-refractivity contribution in [3.05, 3.63) is 35.9 Å². The van der Waals surface area contributed by atoms with Crippen LogP contribution >= 0.6 is 0 Å². The van der Waals surface area contributed by atoms with E-state index in [9.17, 15) is 9.59 Å². The van der Waals surface area contributed by atoms with Crippen molar-refractivity contribution in [2.45, 2.75) is 56.1 Å². The standard InChI is InChI=1S/C20H26NO5/c1-12(22)24-11-15(13-7-5-4-6-8-13)20(23)25-14-9-16-18-19(26-18)17(10-14)21(16,2)3/h4-8,14-19H,9-11H2,1-3H3/q+1/t14?,15-,16+,17+,18-,19+/m0/s1. The number of epoxide rings is 1. The van der Waals surface area contributed by atoms with Crippen LogP contribution in [0.15, 0.2) is 30.3 Å². The Morgan fingerprint density at radius 1 is 1.15 bits per heavy atom. The van der Waals surface area contributed by atoms with Crippen molar-refractivity contribution in [2.75, 3.05) is 20.7 Å². The van der Waals surface area contributed by atoms with Crippen LogP contribution in [0.4, 0.5) is 0 Å². The molecule has 1 aromatic carbocycles. The molecule has 0 spiro atoms. The van der Waals surface area contributed by atoms with Crippen molar-refractivity contribution < 1.29 is 28.3 Å². The van der Waals surface area contributed by atoms with Gasteiger partial charge in [-0.3, -0.25) is 9.59 Å². The minimum Gasteiger partial charge on any atom is -0.465 e. The molecule has 3 fully saturated rings. The second-order valence-corrected chi connectivity index (χ2v) is 8.13. The van der Waals surface area contributed by atoms with Gasteiger partial charge in [0.15, 0.2) is 0 Å². The Morgan fingerprint density at radius 3 is 2.35 bits per heavy atom. The molecule has 140 valence electrons. The number of nitrogens with zero attached hydrogens (tertiary/aromatic N) is 1. The summed E-state index contributed by atoms with van der Waals surface area (Å²) in [6, 6.07) is 10.1. The maximum Gasteiger partial charge on any atom is 0.317 e. The summed E-state index contributed by atoms with van der Waals surface area (Å²) in [6.45, 7) is 1.35. The molecule has 1 aromatic rings. The van der Waals surface area contributed by atoms with E-state index in [1.165, 1.54) is 6.92 Å².